The van der Waals surface area contributed by atoms with Crippen molar-refractivity contribution in [1.82, 2.24) is 29.3 Å². The van der Waals surface area contributed by atoms with E-state index in [0.29, 0.717) is 24.6 Å². The Balaban J connectivity index is 1.42. The number of nitrogens with zero attached hydrogens (tertiary/aromatic N) is 6. The lowest BCUT2D eigenvalue weighted by Crippen LogP contribution is -2.15. The molecule has 3 aromatic heterocycles. The summed E-state index contributed by atoms with van der Waals surface area (Å²) >= 11 is 3.38. The third-order valence-electron chi connectivity index (χ3n) is 3.85. The predicted octanol–water partition coefficient (Wildman–Crippen LogP) is 2.84. The van der Waals surface area contributed by atoms with E-state index in [1.165, 1.54) is 0 Å². The zero-order chi connectivity index (χ0) is 18.6. The second kappa shape index (κ2) is 7.58. The third kappa shape index (κ3) is 4.32. The van der Waals surface area contributed by atoms with Gasteiger partial charge >= 0.3 is 0 Å². The molecular formula is C18H16BrN7O. The number of rotatable bonds is 6. The van der Waals surface area contributed by atoms with Crippen molar-refractivity contribution in [3.63, 3.8) is 0 Å². The molecule has 4 aromatic rings. The number of benzene rings is 1. The molecule has 9 heteroatoms. The van der Waals surface area contributed by atoms with Crippen molar-refractivity contribution in [2.24, 2.45) is 0 Å². The molecule has 0 radical (unpaired) electrons. The van der Waals surface area contributed by atoms with Crippen LogP contribution in [0.1, 0.15) is 16.1 Å². The highest BCUT2D eigenvalue weighted by atomic mass is 79.9. The average molecular weight is 426 g/mol. The van der Waals surface area contributed by atoms with Crippen LogP contribution in [0.4, 0.5) is 5.69 Å². The standard InChI is InChI=1S/C18H16BrN7O/c19-15-10-21-26(12-15)11-14-3-1-4-16(9-14)22-18(27)17-5-8-25(23-17)13-24-7-2-6-20-24/h1-10,12H,11,13H2,(H,22,27). The van der Waals surface area contributed by atoms with Gasteiger partial charge in [0.2, 0.25) is 0 Å². The Labute approximate surface area is 163 Å². The summed E-state index contributed by atoms with van der Waals surface area (Å²) in [6, 6.07) is 11.2. The van der Waals surface area contributed by atoms with Crippen molar-refractivity contribution < 1.29 is 4.79 Å². The van der Waals surface area contributed by atoms with Gasteiger partial charge in [-0.1, -0.05) is 12.1 Å². The van der Waals surface area contributed by atoms with Gasteiger partial charge in [0.1, 0.15) is 6.67 Å². The van der Waals surface area contributed by atoms with Crippen molar-refractivity contribution in [3.05, 3.63) is 83.1 Å². The van der Waals surface area contributed by atoms with E-state index in [2.05, 4.69) is 36.5 Å². The molecule has 1 aromatic carbocycles. The van der Waals surface area contributed by atoms with Gasteiger partial charge in [0, 0.05) is 30.5 Å². The van der Waals surface area contributed by atoms with Gasteiger partial charge in [-0.15, -0.1) is 0 Å². The van der Waals surface area contributed by atoms with E-state index in [0.717, 1.165) is 10.0 Å². The van der Waals surface area contributed by atoms with Crippen molar-refractivity contribution in [1.29, 1.82) is 0 Å². The molecule has 0 saturated carbocycles. The Morgan fingerprint density at radius 2 is 2.00 bits per heavy atom. The molecule has 0 aliphatic carbocycles. The highest BCUT2D eigenvalue weighted by molar-refractivity contribution is 9.10. The molecule has 0 atom stereocenters. The summed E-state index contributed by atoms with van der Waals surface area (Å²) in [7, 11) is 0. The number of halogens is 1. The number of carbonyl (C=O) groups is 1. The number of carbonyl (C=O) groups excluding carboxylic acids is 1. The maximum atomic E-state index is 12.5. The van der Waals surface area contributed by atoms with Crippen LogP contribution in [-0.4, -0.2) is 35.2 Å². The smallest absolute Gasteiger partial charge is 0.276 e. The van der Waals surface area contributed by atoms with Crippen molar-refractivity contribution >= 4 is 27.5 Å². The molecule has 0 saturated heterocycles. The van der Waals surface area contributed by atoms with E-state index in [1.807, 2.05) is 47.4 Å². The minimum atomic E-state index is -0.256. The molecule has 4 rings (SSSR count). The molecule has 27 heavy (non-hydrogen) atoms. The maximum Gasteiger partial charge on any atom is 0.276 e. The fourth-order valence-corrected chi connectivity index (χ4v) is 2.98. The van der Waals surface area contributed by atoms with E-state index in [-0.39, 0.29) is 5.91 Å². The summed E-state index contributed by atoms with van der Waals surface area (Å²) in [5, 5.41) is 15.6. The highest BCUT2D eigenvalue weighted by Gasteiger charge is 2.10. The minimum absolute atomic E-state index is 0.256. The maximum absolute atomic E-state index is 12.5. The van der Waals surface area contributed by atoms with Gasteiger partial charge in [-0.2, -0.15) is 15.3 Å². The molecule has 1 amide bonds. The van der Waals surface area contributed by atoms with E-state index in [4.69, 9.17) is 0 Å². The average Bonchev–Trinajstić information content (AvgIpc) is 3.39. The number of nitrogens with one attached hydrogen (secondary N) is 1. The molecule has 0 unspecified atom stereocenters. The van der Waals surface area contributed by atoms with Gasteiger partial charge in [0.25, 0.3) is 5.91 Å². The molecule has 0 fully saturated rings. The summed E-state index contributed by atoms with van der Waals surface area (Å²) < 4.78 is 6.14. The van der Waals surface area contributed by atoms with Crippen LogP contribution in [0.3, 0.4) is 0 Å². The molecule has 0 aliphatic rings. The van der Waals surface area contributed by atoms with Crippen molar-refractivity contribution in [2.75, 3.05) is 5.32 Å². The molecule has 3 heterocycles. The lowest BCUT2D eigenvalue weighted by Gasteiger charge is -2.07. The number of hydrogen-bond acceptors (Lipinski definition) is 4. The minimum Gasteiger partial charge on any atom is -0.321 e. The normalized spacial score (nSPS) is 10.9. The third-order valence-corrected chi connectivity index (χ3v) is 4.26. The van der Waals surface area contributed by atoms with Gasteiger partial charge < -0.3 is 5.32 Å². The van der Waals surface area contributed by atoms with E-state index in [1.54, 1.807) is 34.0 Å². The summed E-state index contributed by atoms with van der Waals surface area (Å²) in [6.07, 6.45) is 8.93. The highest BCUT2D eigenvalue weighted by Crippen LogP contribution is 2.14. The number of anilines is 1. The first kappa shape index (κ1) is 17.2. The van der Waals surface area contributed by atoms with Crippen molar-refractivity contribution in [3.8, 4) is 0 Å². The SMILES string of the molecule is O=C(Nc1cccc(Cn2cc(Br)cn2)c1)c1ccn(Cn2cccn2)n1. The predicted molar refractivity (Wildman–Crippen MR) is 103 cm³/mol. The Morgan fingerprint density at radius 1 is 1.07 bits per heavy atom. The lowest BCUT2D eigenvalue weighted by atomic mass is 10.2. The van der Waals surface area contributed by atoms with E-state index in [9.17, 15) is 4.79 Å². The summed E-state index contributed by atoms with van der Waals surface area (Å²) in [4.78, 5) is 12.5. The van der Waals surface area contributed by atoms with Crippen LogP contribution in [0, 0.1) is 0 Å². The fourth-order valence-electron chi connectivity index (χ4n) is 2.65. The van der Waals surface area contributed by atoms with Crippen molar-refractivity contribution in [2.45, 2.75) is 13.2 Å². The topological polar surface area (TPSA) is 82.6 Å². The molecule has 136 valence electrons. The Bertz CT molecular complexity index is 1050. The summed E-state index contributed by atoms with van der Waals surface area (Å²) in [5.74, 6) is -0.256. The number of amides is 1. The first-order chi connectivity index (χ1) is 13.2. The fraction of sp³-hybridized carbons (Fsp3) is 0.111. The zero-order valence-corrected chi connectivity index (χ0v) is 15.8. The largest absolute Gasteiger partial charge is 0.321 e. The second-order valence-corrected chi connectivity index (χ2v) is 6.85. The van der Waals surface area contributed by atoms with Crippen LogP contribution in [0.15, 0.2) is 71.9 Å². The first-order valence-corrected chi connectivity index (χ1v) is 9.04. The Hall–Kier alpha value is -3.20. The summed E-state index contributed by atoms with van der Waals surface area (Å²) in [5.41, 5.74) is 2.10. The molecule has 1 N–H and O–H groups in total. The monoisotopic (exact) mass is 425 g/mol. The van der Waals surface area contributed by atoms with Crippen LogP contribution < -0.4 is 5.32 Å². The number of hydrogen-bond donors (Lipinski definition) is 1. The van der Waals surface area contributed by atoms with Gasteiger partial charge in [-0.25, -0.2) is 0 Å². The number of aromatic nitrogens is 6. The van der Waals surface area contributed by atoms with Crippen LogP contribution in [0.5, 0.6) is 0 Å². The molecule has 0 aliphatic heterocycles. The quantitative estimate of drug-likeness (QED) is 0.514. The summed E-state index contributed by atoms with van der Waals surface area (Å²) in [6.45, 7) is 1.07. The molecule has 8 nitrogen and oxygen atoms in total. The van der Waals surface area contributed by atoms with Crippen LogP contribution >= 0.6 is 15.9 Å². The van der Waals surface area contributed by atoms with Gasteiger partial charge in [0.15, 0.2) is 5.69 Å². The van der Waals surface area contributed by atoms with Gasteiger partial charge in [0.05, 0.1) is 17.2 Å². The first-order valence-electron chi connectivity index (χ1n) is 8.25. The van der Waals surface area contributed by atoms with Gasteiger partial charge in [-0.05, 0) is 45.8 Å². The Morgan fingerprint density at radius 3 is 2.78 bits per heavy atom. The Kier molecular flexibility index (Phi) is 4.84. The van der Waals surface area contributed by atoms with Gasteiger partial charge in [-0.3, -0.25) is 18.8 Å². The van der Waals surface area contributed by atoms with Crippen LogP contribution in [0.25, 0.3) is 0 Å². The zero-order valence-electron chi connectivity index (χ0n) is 14.2. The van der Waals surface area contributed by atoms with E-state index < -0.39 is 0 Å². The lowest BCUT2D eigenvalue weighted by molar-refractivity contribution is 0.102. The second-order valence-electron chi connectivity index (χ2n) is 5.94. The molecule has 0 spiro atoms. The van der Waals surface area contributed by atoms with Crippen LogP contribution in [0.2, 0.25) is 0 Å². The molecular weight excluding hydrogens is 410 g/mol. The molecule has 0 bridgehead atoms. The van der Waals surface area contributed by atoms with Crippen LogP contribution in [-0.2, 0) is 13.2 Å². The van der Waals surface area contributed by atoms with E-state index >= 15 is 0 Å².